The number of thiol groups is 1. The lowest BCUT2D eigenvalue weighted by Gasteiger charge is -2.54. The minimum absolute atomic E-state index is 0.103. The minimum atomic E-state index is -0.976. The van der Waals surface area contributed by atoms with E-state index in [2.05, 4.69) is 12.6 Å². The lowest BCUT2D eigenvalue weighted by molar-refractivity contribution is -0.141. The molecule has 4 aliphatic carbocycles. The van der Waals surface area contributed by atoms with Crippen LogP contribution in [0.1, 0.15) is 38.5 Å². The van der Waals surface area contributed by atoms with E-state index < -0.39 is 11.2 Å². The van der Waals surface area contributed by atoms with Gasteiger partial charge in [0.05, 0.1) is 0 Å². The molecule has 4 fully saturated rings. The number of carbonyl (C=O) groups is 2. The molecule has 3 nitrogen and oxygen atoms in total. The van der Waals surface area contributed by atoms with Gasteiger partial charge in [0.1, 0.15) is 11.0 Å². The van der Waals surface area contributed by atoms with Crippen LogP contribution in [0, 0.1) is 29.6 Å². The van der Waals surface area contributed by atoms with Gasteiger partial charge in [-0.05, 0) is 55.8 Å². The second-order valence-electron chi connectivity index (χ2n) is 6.48. The average Bonchev–Trinajstić information content (AvgIpc) is 2.26. The highest BCUT2D eigenvalue weighted by molar-refractivity contribution is 7.81. The van der Waals surface area contributed by atoms with Gasteiger partial charge in [-0.1, -0.05) is 0 Å². The van der Waals surface area contributed by atoms with E-state index in [-0.39, 0.29) is 18.1 Å². The van der Waals surface area contributed by atoms with Crippen LogP contribution < -0.4 is 0 Å². The number of Topliss-reactive ketones (excluding diaryl/α,β-unsaturated/α-hetero) is 1. The van der Waals surface area contributed by atoms with Crippen molar-refractivity contribution in [2.24, 2.45) is 29.6 Å². The number of hydrogen-bond donors (Lipinski definition) is 2. The Hall–Kier alpha value is -0.510. The number of aliphatic carboxylic acids is 1. The van der Waals surface area contributed by atoms with Gasteiger partial charge in [-0.2, -0.15) is 12.6 Å². The Morgan fingerprint density at radius 1 is 1.06 bits per heavy atom. The molecule has 18 heavy (non-hydrogen) atoms. The molecule has 4 bridgehead atoms. The number of ketones is 1. The number of carboxylic acids is 1. The van der Waals surface area contributed by atoms with Crippen LogP contribution in [-0.2, 0) is 9.59 Å². The first-order valence-corrected chi connectivity index (χ1v) is 7.49. The van der Waals surface area contributed by atoms with Crippen molar-refractivity contribution in [1.82, 2.24) is 0 Å². The summed E-state index contributed by atoms with van der Waals surface area (Å²) in [6.07, 6.45) is 6.28. The monoisotopic (exact) mass is 268 g/mol. The van der Waals surface area contributed by atoms with Gasteiger partial charge in [-0.25, -0.2) is 0 Å². The van der Waals surface area contributed by atoms with E-state index in [1.807, 2.05) is 0 Å². The number of carbonyl (C=O) groups excluding carboxylic acids is 1. The van der Waals surface area contributed by atoms with Gasteiger partial charge in [-0.15, -0.1) is 0 Å². The van der Waals surface area contributed by atoms with Crippen LogP contribution in [0.5, 0.6) is 0 Å². The second-order valence-corrected chi connectivity index (χ2v) is 7.10. The molecule has 4 aliphatic rings. The third-order valence-electron chi connectivity index (χ3n) is 5.28. The topological polar surface area (TPSA) is 54.4 Å². The molecule has 0 radical (unpaired) electrons. The van der Waals surface area contributed by atoms with Crippen LogP contribution in [0.25, 0.3) is 0 Å². The maximum atomic E-state index is 12.3. The number of carboxylic acid groups (broad SMARTS) is 1. The quantitative estimate of drug-likeness (QED) is 0.770. The third-order valence-corrected chi connectivity index (χ3v) is 5.68. The highest BCUT2D eigenvalue weighted by Crippen LogP contribution is 2.56. The fourth-order valence-corrected chi connectivity index (χ4v) is 5.04. The standard InChI is InChI=1S/C14H20O3S/c15-11(6-12(18)14(16)17)13-9-2-7-1-8(4-9)5-10(13)3-7/h7-10,12-13,18H,1-6H2,(H,16,17). The normalized spacial score (nSPS) is 42.8. The highest BCUT2D eigenvalue weighted by atomic mass is 32.1. The zero-order chi connectivity index (χ0) is 12.9. The summed E-state index contributed by atoms with van der Waals surface area (Å²) >= 11 is 4.00. The summed E-state index contributed by atoms with van der Waals surface area (Å²) in [4.78, 5) is 23.1. The fraction of sp³-hybridized carbons (Fsp3) is 0.857. The molecule has 0 spiro atoms. The molecule has 0 aromatic carbocycles. The van der Waals surface area contributed by atoms with Gasteiger partial charge in [0.2, 0.25) is 0 Å². The summed E-state index contributed by atoms with van der Waals surface area (Å²) in [7, 11) is 0. The molecule has 1 unspecified atom stereocenters. The number of hydrogen-bond acceptors (Lipinski definition) is 3. The molecule has 0 heterocycles. The average molecular weight is 268 g/mol. The first kappa shape index (κ1) is 12.5. The van der Waals surface area contributed by atoms with Crippen molar-refractivity contribution in [1.29, 1.82) is 0 Å². The van der Waals surface area contributed by atoms with E-state index in [9.17, 15) is 9.59 Å². The third kappa shape index (κ3) is 2.09. The van der Waals surface area contributed by atoms with Gasteiger partial charge < -0.3 is 5.11 Å². The summed E-state index contributed by atoms with van der Waals surface area (Å²) in [5.74, 6) is 2.12. The lowest BCUT2D eigenvalue weighted by atomic mass is 9.51. The van der Waals surface area contributed by atoms with E-state index in [1.54, 1.807) is 0 Å². The molecule has 4 rings (SSSR count). The molecule has 4 heteroatoms. The first-order chi connectivity index (χ1) is 8.54. The van der Waals surface area contributed by atoms with Gasteiger partial charge in [0.25, 0.3) is 0 Å². The van der Waals surface area contributed by atoms with Crippen LogP contribution in [0.3, 0.4) is 0 Å². The van der Waals surface area contributed by atoms with E-state index in [4.69, 9.17) is 5.11 Å². The van der Waals surface area contributed by atoms with Crippen LogP contribution in [0.15, 0.2) is 0 Å². The molecule has 1 atom stereocenters. The maximum Gasteiger partial charge on any atom is 0.316 e. The van der Waals surface area contributed by atoms with Crippen LogP contribution in [0.4, 0.5) is 0 Å². The second kappa shape index (κ2) is 4.55. The van der Waals surface area contributed by atoms with Gasteiger partial charge in [0.15, 0.2) is 0 Å². The summed E-state index contributed by atoms with van der Waals surface area (Å²) < 4.78 is 0. The Morgan fingerprint density at radius 2 is 1.56 bits per heavy atom. The van der Waals surface area contributed by atoms with Crippen molar-refractivity contribution in [2.75, 3.05) is 0 Å². The Kier molecular flexibility index (Phi) is 3.16. The van der Waals surface area contributed by atoms with E-state index in [1.165, 1.54) is 32.1 Å². The van der Waals surface area contributed by atoms with Crippen LogP contribution in [0.2, 0.25) is 0 Å². The molecular weight excluding hydrogens is 248 g/mol. The smallest absolute Gasteiger partial charge is 0.316 e. The van der Waals surface area contributed by atoms with Crippen molar-refractivity contribution in [3.8, 4) is 0 Å². The van der Waals surface area contributed by atoms with Gasteiger partial charge in [0, 0.05) is 12.3 Å². The van der Waals surface area contributed by atoms with E-state index >= 15 is 0 Å². The fourth-order valence-electron chi connectivity index (χ4n) is 4.86. The highest BCUT2D eigenvalue weighted by Gasteiger charge is 2.50. The van der Waals surface area contributed by atoms with E-state index in [0.717, 1.165) is 11.8 Å². The van der Waals surface area contributed by atoms with Crippen LogP contribution in [-0.4, -0.2) is 22.1 Å². The maximum absolute atomic E-state index is 12.3. The summed E-state index contributed by atoms with van der Waals surface area (Å²) in [6, 6.07) is 0. The Bertz CT molecular complexity index is 351. The predicted octanol–water partition coefficient (Wildman–Crippen LogP) is 2.40. The molecule has 0 saturated heterocycles. The molecule has 4 saturated carbocycles. The molecule has 1 N–H and O–H groups in total. The predicted molar refractivity (Wildman–Crippen MR) is 70.6 cm³/mol. The molecule has 0 aromatic heterocycles. The van der Waals surface area contributed by atoms with Crippen molar-refractivity contribution in [3.63, 3.8) is 0 Å². The molecule has 0 amide bonds. The summed E-state index contributed by atoms with van der Waals surface area (Å²) in [5, 5.41) is 8.03. The molecule has 100 valence electrons. The lowest BCUT2D eigenvalue weighted by Crippen LogP contribution is -2.48. The number of rotatable bonds is 4. The Morgan fingerprint density at radius 3 is 2.00 bits per heavy atom. The Balaban J connectivity index is 1.69. The van der Waals surface area contributed by atoms with Crippen molar-refractivity contribution >= 4 is 24.4 Å². The van der Waals surface area contributed by atoms with Gasteiger partial charge >= 0.3 is 5.97 Å². The minimum Gasteiger partial charge on any atom is -0.480 e. The zero-order valence-electron chi connectivity index (χ0n) is 10.4. The van der Waals surface area contributed by atoms with Crippen molar-refractivity contribution < 1.29 is 14.7 Å². The van der Waals surface area contributed by atoms with Gasteiger partial charge in [-0.3, -0.25) is 9.59 Å². The zero-order valence-corrected chi connectivity index (χ0v) is 11.3. The van der Waals surface area contributed by atoms with Crippen molar-refractivity contribution in [3.05, 3.63) is 0 Å². The van der Waals surface area contributed by atoms with E-state index in [0.29, 0.717) is 11.8 Å². The molecule has 0 aliphatic heterocycles. The Labute approximate surface area is 113 Å². The largest absolute Gasteiger partial charge is 0.480 e. The molecule has 0 aromatic rings. The van der Waals surface area contributed by atoms with Crippen LogP contribution >= 0.6 is 12.6 Å². The SMILES string of the molecule is O=C(O)C(S)CC(=O)C1C2CC3CC(C2)CC1C3. The summed E-state index contributed by atoms with van der Waals surface area (Å²) in [5.41, 5.74) is 0. The first-order valence-electron chi connectivity index (χ1n) is 6.98. The summed E-state index contributed by atoms with van der Waals surface area (Å²) in [6.45, 7) is 0. The van der Waals surface area contributed by atoms with Crippen molar-refractivity contribution in [2.45, 2.75) is 43.8 Å². The molecular formula is C14H20O3S.